The van der Waals surface area contributed by atoms with Gasteiger partial charge in [0.25, 0.3) is 0 Å². The van der Waals surface area contributed by atoms with Gasteiger partial charge in [-0.25, -0.2) is 0 Å². The van der Waals surface area contributed by atoms with Gasteiger partial charge in [0.2, 0.25) is 11.8 Å². The number of benzene rings is 1. The van der Waals surface area contributed by atoms with Gasteiger partial charge in [-0.1, -0.05) is 30.3 Å². The van der Waals surface area contributed by atoms with E-state index in [-0.39, 0.29) is 25.0 Å². The predicted molar refractivity (Wildman–Crippen MR) is 73.4 cm³/mol. The molecule has 0 saturated carbocycles. The van der Waals surface area contributed by atoms with Gasteiger partial charge >= 0.3 is 0 Å². The molecular formula is C13H16N2O3S. The van der Waals surface area contributed by atoms with Crippen molar-refractivity contribution in [2.24, 2.45) is 0 Å². The van der Waals surface area contributed by atoms with E-state index < -0.39 is 6.04 Å². The van der Waals surface area contributed by atoms with Gasteiger partial charge in [0, 0.05) is 0 Å². The van der Waals surface area contributed by atoms with E-state index in [1.807, 2.05) is 30.3 Å². The second kappa shape index (κ2) is 6.58. The van der Waals surface area contributed by atoms with Gasteiger partial charge in [0.05, 0.1) is 24.3 Å². The Morgan fingerprint density at radius 2 is 2.16 bits per heavy atom. The van der Waals surface area contributed by atoms with Crippen molar-refractivity contribution < 1.29 is 14.7 Å². The van der Waals surface area contributed by atoms with Crippen LogP contribution in [0.5, 0.6) is 0 Å². The quantitative estimate of drug-likeness (QED) is 0.817. The third-order valence-electron chi connectivity index (χ3n) is 2.88. The first-order valence-corrected chi connectivity index (χ1v) is 7.17. The first kappa shape index (κ1) is 13.9. The maximum absolute atomic E-state index is 11.9. The molecule has 0 radical (unpaired) electrons. The lowest BCUT2D eigenvalue weighted by Gasteiger charge is -2.19. The van der Waals surface area contributed by atoms with Crippen LogP contribution in [-0.4, -0.2) is 46.6 Å². The number of carbonyl (C=O) groups is 2. The Morgan fingerprint density at radius 1 is 1.42 bits per heavy atom. The molecule has 6 heteroatoms. The Bertz CT molecular complexity index is 452. The Labute approximate surface area is 116 Å². The Morgan fingerprint density at radius 3 is 2.74 bits per heavy atom. The molecule has 1 fully saturated rings. The highest BCUT2D eigenvalue weighted by Gasteiger charge is 2.24. The first-order valence-electron chi connectivity index (χ1n) is 6.01. The van der Waals surface area contributed by atoms with E-state index in [1.165, 1.54) is 16.7 Å². The van der Waals surface area contributed by atoms with Crippen LogP contribution in [0.3, 0.4) is 0 Å². The smallest absolute Gasteiger partial charge is 0.240 e. The largest absolute Gasteiger partial charge is 0.394 e. The highest BCUT2D eigenvalue weighted by atomic mass is 32.2. The molecule has 19 heavy (non-hydrogen) atoms. The van der Waals surface area contributed by atoms with Gasteiger partial charge in [-0.3, -0.25) is 9.59 Å². The molecule has 0 spiro atoms. The molecule has 1 saturated heterocycles. The molecule has 5 nitrogen and oxygen atoms in total. The fourth-order valence-electron chi connectivity index (χ4n) is 1.87. The topological polar surface area (TPSA) is 69.6 Å². The zero-order valence-corrected chi connectivity index (χ0v) is 11.2. The number of nitrogens with one attached hydrogen (secondary N) is 1. The van der Waals surface area contributed by atoms with Crippen molar-refractivity contribution in [2.75, 3.05) is 24.8 Å². The van der Waals surface area contributed by atoms with Gasteiger partial charge in [-0.05, 0) is 5.56 Å². The highest BCUT2D eigenvalue weighted by Crippen LogP contribution is 2.15. The molecule has 1 aliphatic rings. The minimum Gasteiger partial charge on any atom is -0.394 e. The molecule has 102 valence electrons. The molecule has 0 aliphatic carbocycles. The zero-order valence-electron chi connectivity index (χ0n) is 10.4. The third kappa shape index (κ3) is 3.71. The summed E-state index contributed by atoms with van der Waals surface area (Å²) >= 11 is 1.50. The number of carbonyl (C=O) groups excluding carboxylic acids is 2. The molecular weight excluding hydrogens is 264 g/mol. The average Bonchev–Trinajstić information content (AvgIpc) is 2.82. The van der Waals surface area contributed by atoms with Crippen molar-refractivity contribution in [1.29, 1.82) is 0 Å². The lowest BCUT2D eigenvalue weighted by atomic mass is 10.1. The summed E-state index contributed by atoms with van der Waals surface area (Å²) in [5.74, 6) is 0.732. The number of amides is 2. The van der Waals surface area contributed by atoms with Gasteiger partial charge in [0.1, 0.15) is 6.54 Å². The van der Waals surface area contributed by atoms with Crippen molar-refractivity contribution in [3.05, 3.63) is 35.9 Å². The summed E-state index contributed by atoms with van der Waals surface area (Å²) in [6, 6.07) is 8.84. The minimum atomic E-state index is -0.431. The highest BCUT2D eigenvalue weighted by molar-refractivity contribution is 8.00. The molecule has 2 N–H and O–H groups in total. The zero-order chi connectivity index (χ0) is 13.7. The van der Waals surface area contributed by atoms with Crippen LogP contribution in [0.25, 0.3) is 0 Å². The van der Waals surface area contributed by atoms with Crippen molar-refractivity contribution in [3.8, 4) is 0 Å². The summed E-state index contributed by atoms with van der Waals surface area (Å²) in [5.41, 5.74) is 0.848. The van der Waals surface area contributed by atoms with E-state index in [9.17, 15) is 14.7 Å². The van der Waals surface area contributed by atoms with Gasteiger partial charge in [-0.15, -0.1) is 11.8 Å². The summed E-state index contributed by atoms with van der Waals surface area (Å²) in [6.07, 6.45) is 0. The second-order valence-corrected chi connectivity index (χ2v) is 5.24. The summed E-state index contributed by atoms with van der Waals surface area (Å²) in [4.78, 5) is 24.8. The predicted octanol–water partition coefficient (Wildman–Crippen LogP) is 0.369. The van der Waals surface area contributed by atoms with Crippen LogP contribution in [0.1, 0.15) is 11.6 Å². The van der Waals surface area contributed by atoms with Crippen LogP contribution in [-0.2, 0) is 9.59 Å². The lowest BCUT2D eigenvalue weighted by molar-refractivity contribution is -0.132. The minimum absolute atomic E-state index is 0.0135. The molecule has 0 bridgehead atoms. The summed E-state index contributed by atoms with van der Waals surface area (Å²) in [6.45, 7) is -0.117. The molecule has 2 amide bonds. The molecule has 2 rings (SSSR count). The number of nitrogens with zero attached hydrogens (tertiary/aromatic N) is 1. The molecule has 1 atom stereocenters. The van der Waals surface area contributed by atoms with Crippen molar-refractivity contribution in [1.82, 2.24) is 10.2 Å². The van der Waals surface area contributed by atoms with E-state index >= 15 is 0 Å². The Kier molecular flexibility index (Phi) is 4.81. The van der Waals surface area contributed by atoms with Crippen LogP contribution < -0.4 is 5.32 Å². The summed E-state index contributed by atoms with van der Waals surface area (Å²) in [7, 11) is 0. The SMILES string of the molecule is O=C(CN1CSCC1=O)N[C@@H](CO)c1ccccc1. The van der Waals surface area contributed by atoms with Crippen LogP contribution in [0.15, 0.2) is 30.3 Å². The summed E-state index contributed by atoms with van der Waals surface area (Å²) in [5, 5.41) is 12.1. The number of hydrogen-bond donors (Lipinski definition) is 2. The van der Waals surface area contributed by atoms with Crippen LogP contribution >= 0.6 is 11.8 Å². The Hall–Kier alpha value is -1.53. The normalized spacial score (nSPS) is 16.5. The second-order valence-electron chi connectivity index (χ2n) is 4.28. The number of hydrogen-bond acceptors (Lipinski definition) is 4. The van der Waals surface area contributed by atoms with Crippen LogP contribution in [0.2, 0.25) is 0 Å². The monoisotopic (exact) mass is 280 g/mol. The maximum Gasteiger partial charge on any atom is 0.240 e. The fraction of sp³-hybridized carbons (Fsp3) is 0.385. The van der Waals surface area contributed by atoms with E-state index in [1.54, 1.807) is 0 Å². The average molecular weight is 280 g/mol. The first-order chi connectivity index (χ1) is 9.20. The number of aliphatic hydroxyl groups excluding tert-OH is 1. The van der Waals surface area contributed by atoms with E-state index in [0.717, 1.165) is 5.56 Å². The molecule has 0 aromatic heterocycles. The van der Waals surface area contributed by atoms with E-state index in [4.69, 9.17) is 0 Å². The summed E-state index contributed by atoms with van der Waals surface area (Å²) < 4.78 is 0. The van der Waals surface area contributed by atoms with Gasteiger partial charge in [-0.2, -0.15) is 0 Å². The van der Waals surface area contributed by atoms with Crippen molar-refractivity contribution >= 4 is 23.6 Å². The number of rotatable bonds is 5. The van der Waals surface area contributed by atoms with E-state index in [0.29, 0.717) is 11.6 Å². The maximum atomic E-state index is 11.9. The number of aliphatic hydroxyl groups is 1. The van der Waals surface area contributed by atoms with Gasteiger partial charge in [0.15, 0.2) is 0 Å². The van der Waals surface area contributed by atoms with Crippen LogP contribution in [0.4, 0.5) is 0 Å². The molecule has 1 aromatic rings. The third-order valence-corrected chi connectivity index (χ3v) is 3.82. The molecule has 1 aliphatic heterocycles. The standard InChI is InChI=1S/C13H16N2O3S/c16-7-11(10-4-2-1-3-5-10)14-12(17)6-15-9-19-8-13(15)18/h1-5,11,16H,6-9H2,(H,14,17)/t11-/m0/s1. The van der Waals surface area contributed by atoms with E-state index in [2.05, 4.69) is 5.32 Å². The van der Waals surface area contributed by atoms with Crippen molar-refractivity contribution in [2.45, 2.75) is 6.04 Å². The van der Waals surface area contributed by atoms with Crippen LogP contribution in [0, 0.1) is 0 Å². The fourth-order valence-corrected chi connectivity index (χ4v) is 2.78. The molecule has 0 unspecified atom stereocenters. The number of thioether (sulfide) groups is 1. The lowest BCUT2D eigenvalue weighted by Crippen LogP contribution is -2.40. The molecule has 1 aromatic carbocycles. The van der Waals surface area contributed by atoms with Gasteiger partial charge < -0.3 is 15.3 Å². The Balaban J connectivity index is 1.91. The van der Waals surface area contributed by atoms with Crippen molar-refractivity contribution in [3.63, 3.8) is 0 Å². The molecule has 1 heterocycles.